The van der Waals surface area contributed by atoms with Gasteiger partial charge < -0.3 is 47.5 Å². The first-order chi connectivity index (χ1) is 26.0. The number of hydrogen-bond donors (Lipinski definition) is 1. The van der Waals surface area contributed by atoms with Crippen LogP contribution in [-0.4, -0.2) is 88.1 Å². The number of ether oxygens (including phenoxy) is 7. The largest absolute Gasteiger partial charge is 0.471 e. The molecular formula is C39H67N3O11. The molecule has 2 rings (SSSR count). The molecule has 2 heterocycles. The van der Waals surface area contributed by atoms with Crippen molar-refractivity contribution in [3.63, 3.8) is 0 Å². The number of unbranched alkanes of at least 4 members (excludes halogenated alkanes) is 16. The number of methoxy groups -OCH3 is 1. The van der Waals surface area contributed by atoms with E-state index in [0.29, 0.717) is 25.6 Å². The first kappa shape index (κ1) is 45.8. The van der Waals surface area contributed by atoms with E-state index in [1.807, 2.05) is 0 Å². The van der Waals surface area contributed by atoms with Gasteiger partial charge in [0.1, 0.15) is 25.2 Å². The maximum atomic E-state index is 12.4. The molecule has 14 nitrogen and oxygen atoms in total. The van der Waals surface area contributed by atoms with Crippen molar-refractivity contribution in [2.45, 2.75) is 148 Å². The summed E-state index contributed by atoms with van der Waals surface area (Å²) in [7, 11) is 1.55. The van der Waals surface area contributed by atoms with Crippen molar-refractivity contribution >= 4 is 12.1 Å². The first-order valence-electron chi connectivity index (χ1n) is 20.0. The van der Waals surface area contributed by atoms with Gasteiger partial charge >= 0.3 is 12.1 Å². The van der Waals surface area contributed by atoms with Gasteiger partial charge in [0.05, 0.1) is 26.4 Å². The van der Waals surface area contributed by atoms with Crippen molar-refractivity contribution in [1.82, 2.24) is 15.6 Å². The van der Waals surface area contributed by atoms with Crippen molar-refractivity contribution in [3.05, 3.63) is 24.2 Å². The Kier molecular flexibility index (Phi) is 27.7. The van der Waals surface area contributed by atoms with E-state index in [2.05, 4.69) is 22.6 Å². The third-order valence-electron chi connectivity index (χ3n) is 8.48. The van der Waals surface area contributed by atoms with Crippen LogP contribution in [0.25, 0.3) is 0 Å². The average molecular weight is 754 g/mol. The Morgan fingerprint density at radius 3 is 2.06 bits per heavy atom. The van der Waals surface area contributed by atoms with E-state index < -0.39 is 24.5 Å². The molecule has 2 aromatic heterocycles. The molecule has 0 aliphatic heterocycles. The van der Waals surface area contributed by atoms with Crippen molar-refractivity contribution in [2.24, 2.45) is 0 Å². The predicted molar refractivity (Wildman–Crippen MR) is 199 cm³/mol. The fraction of sp³-hybridized carbons (Fsp3) is 0.795. The van der Waals surface area contributed by atoms with Crippen LogP contribution in [0.3, 0.4) is 0 Å². The standard InChI is InChI=1S/C39H67N3O11/c1-4-6-7-8-9-10-11-12-13-14-15-16-17-20-23-33-30-36(42-53-33)49-31-34(52-35-24-27-51-41-35)32-50-39(44)40-25-21-18-19-22-26-47-38(37(43)46-5-2)48-29-28-45-3/h24,27,30,34,38H,4-23,25-26,28-29,31-32H2,1-3H3,(H,40,44). The smallest absolute Gasteiger partial charge is 0.407 e. The van der Waals surface area contributed by atoms with Crippen LogP contribution in [0.5, 0.6) is 11.8 Å². The van der Waals surface area contributed by atoms with E-state index >= 15 is 0 Å². The van der Waals surface area contributed by atoms with Gasteiger partial charge in [0.2, 0.25) is 0 Å². The molecule has 0 fully saturated rings. The van der Waals surface area contributed by atoms with Gasteiger partial charge in [-0.15, -0.1) is 0 Å². The molecular weight excluding hydrogens is 686 g/mol. The normalized spacial score (nSPS) is 12.4. The molecule has 1 N–H and O–H groups in total. The Labute approximate surface area is 316 Å². The SMILES string of the molecule is CCCCCCCCCCCCCCCCc1cc(OCC(COC(=O)NCCCCCCOC(OCCOC)C(=O)OCC)Oc2ccon2)no1. The van der Waals surface area contributed by atoms with Gasteiger partial charge in [-0.3, -0.25) is 0 Å². The molecule has 304 valence electrons. The van der Waals surface area contributed by atoms with E-state index in [4.69, 9.17) is 42.2 Å². The van der Waals surface area contributed by atoms with Crippen LogP contribution in [-0.2, 0) is 34.9 Å². The van der Waals surface area contributed by atoms with Gasteiger partial charge in [-0.2, -0.15) is 0 Å². The number of aryl methyl sites for hydroxylation is 1. The highest BCUT2D eigenvalue weighted by Crippen LogP contribution is 2.18. The number of nitrogens with one attached hydrogen (secondary N) is 1. The summed E-state index contributed by atoms with van der Waals surface area (Å²) in [5.41, 5.74) is 0. The number of esters is 1. The molecule has 14 heteroatoms. The summed E-state index contributed by atoms with van der Waals surface area (Å²) in [6, 6.07) is 3.36. The second kappa shape index (κ2) is 32.1. The van der Waals surface area contributed by atoms with Crippen molar-refractivity contribution in [2.75, 3.05) is 53.3 Å². The highest BCUT2D eigenvalue weighted by Gasteiger charge is 2.21. The zero-order valence-corrected chi connectivity index (χ0v) is 32.7. The Morgan fingerprint density at radius 2 is 1.40 bits per heavy atom. The van der Waals surface area contributed by atoms with E-state index in [9.17, 15) is 9.59 Å². The fourth-order valence-electron chi connectivity index (χ4n) is 5.52. The summed E-state index contributed by atoms with van der Waals surface area (Å²) in [5.74, 6) is 0.831. The minimum Gasteiger partial charge on any atom is -0.471 e. The van der Waals surface area contributed by atoms with Gasteiger partial charge in [-0.1, -0.05) is 103 Å². The topological polar surface area (TPSA) is 163 Å². The minimum atomic E-state index is -1.07. The van der Waals surface area contributed by atoms with Crippen molar-refractivity contribution < 1.29 is 51.8 Å². The lowest BCUT2D eigenvalue weighted by Crippen LogP contribution is -2.34. The van der Waals surface area contributed by atoms with E-state index in [1.54, 1.807) is 26.2 Å². The number of rotatable bonds is 36. The molecule has 0 saturated carbocycles. The molecule has 1 amide bonds. The quantitative estimate of drug-likeness (QED) is 0.0402. The maximum Gasteiger partial charge on any atom is 0.407 e. The lowest BCUT2D eigenvalue weighted by Gasteiger charge is -2.17. The van der Waals surface area contributed by atoms with E-state index in [1.165, 1.54) is 89.7 Å². The van der Waals surface area contributed by atoms with Crippen LogP contribution >= 0.6 is 0 Å². The zero-order valence-electron chi connectivity index (χ0n) is 32.7. The Hall–Kier alpha value is -3.36. The number of carbonyl (C=O) groups is 2. The van der Waals surface area contributed by atoms with Gasteiger partial charge in [-0.25, -0.2) is 9.59 Å². The second-order valence-electron chi connectivity index (χ2n) is 13.1. The fourth-order valence-corrected chi connectivity index (χ4v) is 5.52. The first-order valence-corrected chi connectivity index (χ1v) is 20.0. The number of aromatic nitrogens is 2. The monoisotopic (exact) mass is 753 g/mol. The molecule has 2 atom stereocenters. The third kappa shape index (κ3) is 24.6. The van der Waals surface area contributed by atoms with Gasteiger partial charge in [0.25, 0.3) is 18.1 Å². The molecule has 0 aromatic carbocycles. The number of nitrogens with zero attached hydrogens (tertiary/aromatic N) is 2. The summed E-state index contributed by atoms with van der Waals surface area (Å²) in [6.07, 6.45) is 21.5. The highest BCUT2D eigenvalue weighted by molar-refractivity contribution is 5.73. The van der Waals surface area contributed by atoms with Crippen LogP contribution in [0.15, 0.2) is 27.4 Å². The molecule has 2 unspecified atom stereocenters. The summed E-state index contributed by atoms with van der Waals surface area (Å²) in [6.45, 7) is 5.58. The Bertz CT molecular complexity index is 1130. The average Bonchev–Trinajstić information content (AvgIpc) is 3.85. The third-order valence-corrected chi connectivity index (χ3v) is 8.48. The van der Waals surface area contributed by atoms with E-state index in [-0.39, 0.29) is 32.3 Å². The molecule has 0 aliphatic carbocycles. The number of carbonyl (C=O) groups excluding carboxylic acids is 2. The van der Waals surface area contributed by atoms with Crippen LogP contribution in [0.1, 0.15) is 135 Å². The van der Waals surface area contributed by atoms with Crippen molar-refractivity contribution in [1.29, 1.82) is 0 Å². The molecule has 0 radical (unpaired) electrons. The van der Waals surface area contributed by atoms with Gasteiger partial charge in [0.15, 0.2) is 6.10 Å². The summed E-state index contributed by atoms with van der Waals surface area (Å²) >= 11 is 0. The van der Waals surface area contributed by atoms with Gasteiger partial charge in [-0.05, 0) is 36.5 Å². The number of amides is 1. The van der Waals surface area contributed by atoms with E-state index in [0.717, 1.165) is 44.3 Å². The second-order valence-corrected chi connectivity index (χ2v) is 13.1. The molecule has 0 bridgehead atoms. The van der Waals surface area contributed by atoms with Crippen LogP contribution in [0.4, 0.5) is 4.79 Å². The molecule has 0 saturated heterocycles. The number of hydrogen-bond acceptors (Lipinski definition) is 13. The summed E-state index contributed by atoms with van der Waals surface area (Å²) < 4.78 is 48.2. The molecule has 53 heavy (non-hydrogen) atoms. The predicted octanol–water partition coefficient (Wildman–Crippen LogP) is 8.37. The van der Waals surface area contributed by atoms with Crippen LogP contribution in [0.2, 0.25) is 0 Å². The molecule has 0 aliphatic rings. The van der Waals surface area contributed by atoms with Gasteiger partial charge in [0, 0.05) is 32.2 Å². The number of alkyl carbamates (subject to hydrolysis) is 1. The zero-order chi connectivity index (χ0) is 38.0. The Balaban J connectivity index is 1.56. The summed E-state index contributed by atoms with van der Waals surface area (Å²) in [4.78, 5) is 24.4. The lowest BCUT2D eigenvalue weighted by atomic mass is 10.0. The molecule has 0 spiro atoms. The Morgan fingerprint density at radius 1 is 0.736 bits per heavy atom. The summed E-state index contributed by atoms with van der Waals surface area (Å²) in [5, 5.41) is 10.6. The minimum absolute atomic E-state index is 0.0570. The van der Waals surface area contributed by atoms with Crippen LogP contribution < -0.4 is 14.8 Å². The molecule has 2 aromatic rings. The maximum absolute atomic E-state index is 12.4. The highest BCUT2D eigenvalue weighted by atomic mass is 16.7. The lowest BCUT2D eigenvalue weighted by molar-refractivity contribution is -0.197. The van der Waals surface area contributed by atoms with Crippen molar-refractivity contribution in [3.8, 4) is 11.8 Å². The van der Waals surface area contributed by atoms with Crippen LogP contribution in [0, 0.1) is 0 Å².